The number of amidine groups is 1. The number of nitrogens with zero attached hydrogens (tertiary/aromatic N) is 4. The summed E-state index contributed by atoms with van der Waals surface area (Å²) in [7, 11) is 0. The highest BCUT2D eigenvalue weighted by molar-refractivity contribution is 5.88. The maximum absolute atomic E-state index is 5.09. The molecule has 1 aliphatic heterocycles. The van der Waals surface area contributed by atoms with E-state index in [1.54, 1.807) is 0 Å². The van der Waals surface area contributed by atoms with Gasteiger partial charge in [0.15, 0.2) is 0 Å². The smallest absolute Gasteiger partial charge is 0.136 e. The minimum atomic E-state index is -0.531. The molecule has 1 heterocycles. The number of rotatable bonds is 1. The topological polar surface area (TPSA) is 89.2 Å². The third-order valence-electron chi connectivity index (χ3n) is 1.34. The average Bonchev–Trinajstić information content (AvgIpc) is 2.03. The van der Waals surface area contributed by atoms with Gasteiger partial charge in [0.25, 0.3) is 0 Å². The maximum Gasteiger partial charge on any atom is 0.136 e. The molecule has 3 N–H and O–H groups in total. The SMILES string of the molecule is CC(C)(C)C1=N[N-]C(NN)N=N1. The first kappa shape index (κ1) is 9.08. The van der Waals surface area contributed by atoms with Gasteiger partial charge in [-0.2, -0.15) is 5.11 Å². The van der Waals surface area contributed by atoms with Gasteiger partial charge in [0.1, 0.15) is 5.84 Å². The van der Waals surface area contributed by atoms with Gasteiger partial charge in [0.2, 0.25) is 0 Å². The standard InChI is InChI=1S/C6H13N6/c1-6(2,3)4-9-11-5(8-7)12-10-4/h5,8H,7H2,1-3H3/q-1. The summed E-state index contributed by atoms with van der Waals surface area (Å²) in [4.78, 5) is 0. The third kappa shape index (κ3) is 1.99. The van der Waals surface area contributed by atoms with Crippen LogP contribution in [-0.4, -0.2) is 12.1 Å². The molecule has 12 heavy (non-hydrogen) atoms. The lowest BCUT2D eigenvalue weighted by Crippen LogP contribution is -2.34. The van der Waals surface area contributed by atoms with Crippen molar-refractivity contribution in [2.45, 2.75) is 27.1 Å². The largest absolute Gasteiger partial charge is 0.565 e. The number of nitrogens with one attached hydrogen (secondary N) is 1. The van der Waals surface area contributed by atoms with E-state index in [1.807, 2.05) is 20.8 Å². The van der Waals surface area contributed by atoms with Crippen LogP contribution < -0.4 is 11.3 Å². The first-order valence-corrected chi connectivity index (χ1v) is 3.69. The van der Waals surface area contributed by atoms with Crippen LogP contribution in [0.2, 0.25) is 0 Å². The Balaban J connectivity index is 2.64. The molecular formula is C6H13N6-. The molecule has 0 amide bonds. The Morgan fingerprint density at radius 3 is 2.50 bits per heavy atom. The van der Waals surface area contributed by atoms with Crippen molar-refractivity contribution in [1.29, 1.82) is 0 Å². The number of hydrazine groups is 1. The molecule has 68 valence electrons. The number of hydrogen-bond acceptors (Lipinski definition) is 5. The van der Waals surface area contributed by atoms with Crippen LogP contribution in [0.15, 0.2) is 15.3 Å². The van der Waals surface area contributed by atoms with Crippen molar-refractivity contribution in [2.75, 3.05) is 0 Å². The quantitative estimate of drug-likeness (QED) is 0.451. The van der Waals surface area contributed by atoms with E-state index in [0.29, 0.717) is 5.84 Å². The first-order chi connectivity index (χ1) is 5.54. The summed E-state index contributed by atoms with van der Waals surface area (Å²) in [6, 6.07) is 0. The second kappa shape index (κ2) is 3.16. The third-order valence-corrected chi connectivity index (χ3v) is 1.34. The Labute approximate surface area is 71.3 Å². The van der Waals surface area contributed by atoms with Crippen LogP contribution in [-0.2, 0) is 0 Å². The van der Waals surface area contributed by atoms with Gasteiger partial charge >= 0.3 is 0 Å². The molecule has 0 saturated heterocycles. The van der Waals surface area contributed by atoms with Crippen molar-refractivity contribution in [3.63, 3.8) is 0 Å². The second-order valence-electron chi connectivity index (χ2n) is 3.54. The normalized spacial score (nSPS) is 23.3. The van der Waals surface area contributed by atoms with Crippen LogP contribution in [0.1, 0.15) is 20.8 Å². The number of hydrogen-bond donors (Lipinski definition) is 2. The van der Waals surface area contributed by atoms with Crippen molar-refractivity contribution < 1.29 is 0 Å². The van der Waals surface area contributed by atoms with E-state index in [1.165, 1.54) is 0 Å². The lowest BCUT2D eigenvalue weighted by molar-refractivity contribution is 0.540. The summed E-state index contributed by atoms with van der Waals surface area (Å²) >= 11 is 0. The molecule has 0 aliphatic carbocycles. The fourth-order valence-corrected chi connectivity index (χ4v) is 0.629. The van der Waals surface area contributed by atoms with E-state index in [2.05, 4.69) is 26.2 Å². The lowest BCUT2D eigenvalue weighted by atomic mass is 9.95. The summed E-state index contributed by atoms with van der Waals surface area (Å²) in [5.41, 5.74) is 6.01. The molecule has 1 unspecified atom stereocenters. The predicted molar refractivity (Wildman–Crippen MR) is 46.2 cm³/mol. The molecule has 0 bridgehead atoms. The summed E-state index contributed by atoms with van der Waals surface area (Å²) in [6.07, 6.45) is -0.531. The Kier molecular flexibility index (Phi) is 2.39. The van der Waals surface area contributed by atoms with Crippen molar-refractivity contribution in [3.05, 3.63) is 5.43 Å². The molecule has 1 atom stereocenters. The molecule has 0 saturated carbocycles. The van der Waals surface area contributed by atoms with E-state index in [9.17, 15) is 0 Å². The van der Waals surface area contributed by atoms with Crippen LogP contribution in [0, 0.1) is 5.41 Å². The second-order valence-corrected chi connectivity index (χ2v) is 3.54. The molecule has 0 radical (unpaired) electrons. The van der Waals surface area contributed by atoms with Gasteiger partial charge in [0, 0.05) is 5.41 Å². The Hall–Kier alpha value is -1.01. The van der Waals surface area contributed by atoms with Gasteiger partial charge in [-0.05, 0) is 0 Å². The van der Waals surface area contributed by atoms with Gasteiger partial charge in [0.05, 0.1) is 6.29 Å². The van der Waals surface area contributed by atoms with Crippen LogP contribution in [0.3, 0.4) is 0 Å². The molecule has 6 heteroatoms. The van der Waals surface area contributed by atoms with Gasteiger partial charge in [-0.1, -0.05) is 20.8 Å². The average molecular weight is 169 g/mol. The monoisotopic (exact) mass is 169 g/mol. The molecule has 0 fully saturated rings. The molecule has 0 aromatic rings. The van der Waals surface area contributed by atoms with Crippen molar-refractivity contribution in [3.8, 4) is 0 Å². The number of nitrogens with two attached hydrogens (primary N) is 1. The van der Waals surface area contributed by atoms with E-state index in [-0.39, 0.29) is 5.41 Å². The highest BCUT2D eigenvalue weighted by atomic mass is 15.5. The van der Waals surface area contributed by atoms with Crippen molar-refractivity contribution in [1.82, 2.24) is 5.43 Å². The van der Waals surface area contributed by atoms with Crippen molar-refractivity contribution in [2.24, 2.45) is 26.6 Å². The van der Waals surface area contributed by atoms with Gasteiger partial charge in [-0.15, -0.1) is 5.11 Å². The Bertz CT molecular complexity index is 213. The molecule has 0 aromatic heterocycles. The molecular weight excluding hydrogens is 156 g/mol. The number of azo groups is 1. The van der Waals surface area contributed by atoms with Crippen LogP contribution in [0.5, 0.6) is 0 Å². The molecule has 1 aliphatic rings. The summed E-state index contributed by atoms with van der Waals surface area (Å²) in [5.74, 6) is 5.71. The first-order valence-electron chi connectivity index (χ1n) is 3.69. The van der Waals surface area contributed by atoms with Crippen LogP contribution >= 0.6 is 0 Å². The zero-order valence-electron chi connectivity index (χ0n) is 7.44. The molecule has 1 rings (SSSR count). The Morgan fingerprint density at radius 1 is 1.50 bits per heavy atom. The van der Waals surface area contributed by atoms with Crippen LogP contribution in [0.4, 0.5) is 0 Å². The van der Waals surface area contributed by atoms with Gasteiger partial charge in [-0.3, -0.25) is 11.3 Å². The molecule has 0 aromatic carbocycles. The zero-order chi connectivity index (χ0) is 9.19. The molecule has 6 nitrogen and oxygen atoms in total. The Morgan fingerprint density at radius 2 is 2.17 bits per heavy atom. The van der Waals surface area contributed by atoms with Crippen LogP contribution in [0.25, 0.3) is 5.43 Å². The van der Waals surface area contributed by atoms with Gasteiger partial charge in [-0.25, -0.2) is 0 Å². The van der Waals surface area contributed by atoms with E-state index in [4.69, 9.17) is 5.84 Å². The van der Waals surface area contributed by atoms with E-state index < -0.39 is 6.29 Å². The fourth-order valence-electron chi connectivity index (χ4n) is 0.629. The highest BCUT2D eigenvalue weighted by Gasteiger charge is 2.18. The fraction of sp³-hybridized carbons (Fsp3) is 0.833. The van der Waals surface area contributed by atoms with E-state index >= 15 is 0 Å². The maximum atomic E-state index is 5.09. The van der Waals surface area contributed by atoms with Gasteiger partial charge < -0.3 is 10.5 Å². The lowest BCUT2D eigenvalue weighted by Gasteiger charge is -2.30. The summed E-state index contributed by atoms with van der Waals surface area (Å²) in [6.45, 7) is 5.99. The van der Waals surface area contributed by atoms with Crippen molar-refractivity contribution >= 4 is 5.84 Å². The minimum absolute atomic E-state index is 0.118. The van der Waals surface area contributed by atoms with E-state index in [0.717, 1.165) is 0 Å². The minimum Gasteiger partial charge on any atom is -0.565 e. The predicted octanol–water partition coefficient (Wildman–Crippen LogP) is 0.932. The summed E-state index contributed by atoms with van der Waals surface area (Å²) < 4.78 is 0. The molecule has 0 spiro atoms. The summed E-state index contributed by atoms with van der Waals surface area (Å²) in [5, 5.41) is 11.6. The highest BCUT2D eigenvalue weighted by Crippen LogP contribution is 2.21. The zero-order valence-corrected chi connectivity index (χ0v) is 7.44.